The van der Waals surface area contributed by atoms with E-state index in [2.05, 4.69) is 6.07 Å². The highest BCUT2D eigenvalue weighted by Gasteiger charge is 2.04. The van der Waals surface area contributed by atoms with Crippen molar-refractivity contribution < 1.29 is 28.4 Å². The molecule has 1 heterocycles. The first-order valence-electron chi connectivity index (χ1n) is 7.53. The maximum atomic E-state index is 5.66. The summed E-state index contributed by atoms with van der Waals surface area (Å²) in [7, 11) is 0. The summed E-state index contributed by atoms with van der Waals surface area (Å²) in [5.41, 5.74) is 0. The van der Waals surface area contributed by atoms with Gasteiger partial charge in [-0.2, -0.15) is 0 Å². The molecule has 6 nitrogen and oxygen atoms in total. The van der Waals surface area contributed by atoms with E-state index < -0.39 is 0 Å². The number of hydrogen-bond acceptors (Lipinski definition) is 6. The standard InChI is InChI=1S/C16H23O6/c1-2-4-16-15(3-1)21-13-11-19-9-7-17-5-6-18-8-10-20-12-14-22-16/h1,3-4H,5-14H2. The van der Waals surface area contributed by atoms with Crippen molar-refractivity contribution in [2.45, 2.75) is 0 Å². The van der Waals surface area contributed by atoms with E-state index in [4.69, 9.17) is 28.4 Å². The van der Waals surface area contributed by atoms with Crippen molar-refractivity contribution in [3.05, 3.63) is 24.3 Å². The molecular formula is C16H23O6. The topological polar surface area (TPSA) is 55.4 Å². The average molecular weight is 311 g/mol. The van der Waals surface area contributed by atoms with Gasteiger partial charge in [0.1, 0.15) is 13.2 Å². The van der Waals surface area contributed by atoms with Crippen LogP contribution in [0.4, 0.5) is 0 Å². The summed E-state index contributed by atoms with van der Waals surface area (Å²) in [6, 6.07) is 8.34. The third-order valence-electron chi connectivity index (χ3n) is 2.87. The Bertz CT molecular complexity index is 361. The smallest absolute Gasteiger partial charge is 0.161 e. The second-order valence-corrected chi connectivity index (χ2v) is 4.52. The molecule has 0 saturated carbocycles. The van der Waals surface area contributed by atoms with Crippen LogP contribution in [0, 0.1) is 6.07 Å². The Balaban J connectivity index is 1.79. The van der Waals surface area contributed by atoms with Gasteiger partial charge in [-0.3, -0.25) is 0 Å². The van der Waals surface area contributed by atoms with Gasteiger partial charge in [0.25, 0.3) is 0 Å². The van der Waals surface area contributed by atoms with Gasteiger partial charge in [0.2, 0.25) is 0 Å². The first-order chi connectivity index (χ1) is 11.0. The number of ether oxygens (including phenoxy) is 6. The fourth-order valence-electron chi connectivity index (χ4n) is 1.82. The molecule has 0 atom stereocenters. The molecule has 0 fully saturated rings. The number of hydrogen-bond donors (Lipinski definition) is 0. The molecule has 1 aromatic carbocycles. The van der Waals surface area contributed by atoms with Crippen LogP contribution in [0.2, 0.25) is 0 Å². The molecule has 6 heteroatoms. The van der Waals surface area contributed by atoms with Gasteiger partial charge in [0.15, 0.2) is 11.5 Å². The summed E-state index contributed by atoms with van der Waals surface area (Å²) in [5.74, 6) is 1.34. The Kier molecular flexibility index (Phi) is 8.71. The zero-order valence-electron chi connectivity index (χ0n) is 12.8. The molecule has 1 aliphatic rings. The van der Waals surface area contributed by atoms with Gasteiger partial charge < -0.3 is 28.4 Å². The molecule has 2 rings (SSSR count). The van der Waals surface area contributed by atoms with Gasteiger partial charge in [-0.15, -0.1) is 0 Å². The van der Waals surface area contributed by atoms with Gasteiger partial charge in [0, 0.05) is 0 Å². The molecule has 0 N–H and O–H groups in total. The zero-order chi connectivity index (χ0) is 15.3. The summed E-state index contributed by atoms with van der Waals surface area (Å²) in [5, 5.41) is 0. The number of rotatable bonds is 0. The quantitative estimate of drug-likeness (QED) is 0.720. The second-order valence-electron chi connectivity index (χ2n) is 4.52. The van der Waals surface area contributed by atoms with Crippen molar-refractivity contribution in [2.24, 2.45) is 0 Å². The Morgan fingerprint density at radius 1 is 0.591 bits per heavy atom. The Labute approximate surface area is 131 Å². The minimum Gasteiger partial charge on any atom is -0.487 e. The SMILES string of the molecule is [c]1ccc2c(c1)OCCOCCOCCOCCOCCO2. The molecule has 0 saturated heterocycles. The highest BCUT2D eigenvalue weighted by atomic mass is 16.6. The highest BCUT2D eigenvalue weighted by molar-refractivity contribution is 5.38. The summed E-state index contributed by atoms with van der Waals surface area (Å²) in [4.78, 5) is 0. The van der Waals surface area contributed by atoms with Crippen LogP contribution in [0.3, 0.4) is 0 Å². The predicted molar refractivity (Wildman–Crippen MR) is 79.5 cm³/mol. The summed E-state index contributed by atoms with van der Waals surface area (Å²) < 4.78 is 32.9. The molecule has 0 amide bonds. The lowest BCUT2D eigenvalue weighted by atomic mass is 10.3. The lowest BCUT2D eigenvalue weighted by Crippen LogP contribution is -2.15. The van der Waals surface area contributed by atoms with E-state index in [1.165, 1.54) is 0 Å². The molecule has 123 valence electrons. The molecule has 0 bridgehead atoms. The van der Waals surface area contributed by atoms with Crippen LogP contribution in [0.15, 0.2) is 18.2 Å². The minimum atomic E-state index is 0.452. The molecule has 0 aliphatic carbocycles. The van der Waals surface area contributed by atoms with Crippen LogP contribution in [0.5, 0.6) is 11.5 Å². The largest absolute Gasteiger partial charge is 0.487 e. The van der Waals surface area contributed by atoms with Crippen molar-refractivity contribution in [2.75, 3.05) is 66.1 Å². The summed E-state index contributed by atoms with van der Waals surface area (Å²) >= 11 is 0. The van der Waals surface area contributed by atoms with Crippen molar-refractivity contribution in [3.8, 4) is 11.5 Å². The average Bonchev–Trinajstić information content (AvgIpc) is 2.55. The Morgan fingerprint density at radius 3 is 1.59 bits per heavy atom. The maximum absolute atomic E-state index is 5.66. The second kappa shape index (κ2) is 11.3. The van der Waals surface area contributed by atoms with Crippen molar-refractivity contribution in [1.29, 1.82) is 0 Å². The normalized spacial score (nSPS) is 19.8. The third kappa shape index (κ3) is 7.09. The van der Waals surface area contributed by atoms with E-state index in [9.17, 15) is 0 Å². The Morgan fingerprint density at radius 2 is 1.05 bits per heavy atom. The van der Waals surface area contributed by atoms with Gasteiger partial charge in [0.05, 0.1) is 52.9 Å². The molecular weight excluding hydrogens is 288 g/mol. The third-order valence-corrected chi connectivity index (χ3v) is 2.87. The van der Waals surface area contributed by atoms with Crippen LogP contribution in [-0.4, -0.2) is 66.1 Å². The Hall–Kier alpha value is -1.34. The van der Waals surface area contributed by atoms with Crippen molar-refractivity contribution in [1.82, 2.24) is 0 Å². The number of fused-ring (bicyclic) bond motifs is 1. The van der Waals surface area contributed by atoms with Gasteiger partial charge in [-0.1, -0.05) is 6.07 Å². The van der Waals surface area contributed by atoms with Gasteiger partial charge in [-0.05, 0) is 18.2 Å². The fraction of sp³-hybridized carbons (Fsp3) is 0.625. The first-order valence-corrected chi connectivity index (χ1v) is 7.53. The molecule has 0 unspecified atom stereocenters. The van der Waals surface area contributed by atoms with E-state index in [1.807, 2.05) is 6.07 Å². The minimum absolute atomic E-state index is 0.452. The lowest BCUT2D eigenvalue weighted by molar-refractivity contribution is -0.00841. The van der Waals surface area contributed by atoms with Crippen LogP contribution in [0.25, 0.3) is 0 Å². The van der Waals surface area contributed by atoms with Crippen LogP contribution in [0.1, 0.15) is 0 Å². The van der Waals surface area contributed by atoms with E-state index in [1.54, 1.807) is 12.1 Å². The molecule has 22 heavy (non-hydrogen) atoms. The van der Waals surface area contributed by atoms with E-state index >= 15 is 0 Å². The molecule has 0 spiro atoms. The van der Waals surface area contributed by atoms with Crippen LogP contribution < -0.4 is 9.47 Å². The van der Waals surface area contributed by atoms with Crippen molar-refractivity contribution >= 4 is 0 Å². The monoisotopic (exact) mass is 311 g/mol. The van der Waals surface area contributed by atoms with Crippen molar-refractivity contribution in [3.63, 3.8) is 0 Å². The van der Waals surface area contributed by atoms with Gasteiger partial charge in [-0.25, -0.2) is 0 Å². The highest BCUT2D eigenvalue weighted by Crippen LogP contribution is 2.25. The van der Waals surface area contributed by atoms with Crippen LogP contribution >= 0.6 is 0 Å². The summed E-state index contributed by atoms with van der Waals surface area (Å²) in [6.45, 7) is 5.21. The van der Waals surface area contributed by atoms with E-state index in [0.717, 1.165) is 0 Å². The molecule has 1 aromatic rings. The zero-order valence-corrected chi connectivity index (χ0v) is 12.8. The van der Waals surface area contributed by atoms with E-state index in [0.29, 0.717) is 77.6 Å². The van der Waals surface area contributed by atoms with Crippen LogP contribution in [-0.2, 0) is 18.9 Å². The van der Waals surface area contributed by atoms with Gasteiger partial charge >= 0.3 is 0 Å². The fourth-order valence-corrected chi connectivity index (χ4v) is 1.82. The first kappa shape index (κ1) is 17.0. The summed E-state index contributed by atoms with van der Waals surface area (Å²) in [6.07, 6.45) is 0. The predicted octanol–water partition coefficient (Wildman–Crippen LogP) is 1.32. The lowest BCUT2D eigenvalue weighted by Gasteiger charge is -2.13. The maximum Gasteiger partial charge on any atom is 0.161 e. The molecule has 1 radical (unpaired) electrons. The molecule has 0 aromatic heterocycles. The number of benzene rings is 1. The molecule has 1 aliphatic heterocycles. The van der Waals surface area contributed by atoms with E-state index in [-0.39, 0.29) is 0 Å².